The number of hydrogen-bond donors (Lipinski definition) is 3. The van der Waals surface area contributed by atoms with Gasteiger partial charge in [0.15, 0.2) is 0 Å². The topological polar surface area (TPSA) is 116 Å². The number of benzene rings is 1. The van der Waals surface area contributed by atoms with Crippen LogP contribution in [-0.4, -0.2) is 55.4 Å². The number of carbonyl (C=O) groups is 2. The van der Waals surface area contributed by atoms with E-state index in [0.29, 0.717) is 31.6 Å². The van der Waals surface area contributed by atoms with E-state index in [0.717, 1.165) is 0 Å². The zero-order valence-electron chi connectivity index (χ0n) is 15.4. The molecule has 1 aromatic carbocycles. The van der Waals surface area contributed by atoms with E-state index in [2.05, 4.69) is 10.6 Å². The van der Waals surface area contributed by atoms with Crippen LogP contribution in [0, 0.1) is 0 Å². The molecule has 1 atom stereocenters. The molecule has 3 N–H and O–H groups in total. The molecule has 8 nitrogen and oxygen atoms in total. The summed E-state index contributed by atoms with van der Waals surface area (Å²) in [6, 6.07) is 5.21. The lowest BCUT2D eigenvalue weighted by atomic mass is 10.2. The Labute approximate surface area is 154 Å². The lowest BCUT2D eigenvalue weighted by molar-refractivity contribution is -0.139. The van der Waals surface area contributed by atoms with Gasteiger partial charge in [-0.2, -0.15) is 4.31 Å². The smallest absolute Gasteiger partial charge is 0.320 e. The lowest BCUT2D eigenvalue weighted by Gasteiger charge is -2.19. The van der Waals surface area contributed by atoms with Gasteiger partial charge in [-0.15, -0.1) is 0 Å². The van der Waals surface area contributed by atoms with Gasteiger partial charge in [-0.05, 0) is 24.6 Å². The van der Waals surface area contributed by atoms with Gasteiger partial charge in [0, 0.05) is 18.8 Å². The number of aliphatic carboxylic acids is 1. The number of carboxylic acid groups (broad SMARTS) is 1. The van der Waals surface area contributed by atoms with E-state index in [9.17, 15) is 18.0 Å². The Hall–Kier alpha value is -1.97. The lowest BCUT2D eigenvalue weighted by Crippen LogP contribution is -2.41. The molecule has 146 valence electrons. The Kier molecular flexibility index (Phi) is 8.70. The predicted molar refractivity (Wildman–Crippen MR) is 99.5 cm³/mol. The largest absolute Gasteiger partial charge is 0.480 e. The van der Waals surface area contributed by atoms with Gasteiger partial charge in [0.1, 0.15) is 6.04 Å². The van der Waals surface area contributed by atoms with Crippen molar-refractivity contribution in [2.24, 2.45) is 0 Å². The number of rotatable bonds is 11. The minimum Gasteiger partial charge on any atom is -0.480 e. The summed E-state index contributed by atoms with van der Waals surface area (Å²) in [5.41, 5.74) is 0.340. The van der Waals surface area contributed by atoms with Crippen molar-refractivity contribution in [3.8, 4) is 0 Å². The molecular formula is C17H27N3O5S. The summed E-state index contributed by atoms with van der Waals surface area (Å²) in [5.74, 6) is -1.45. The van der Waals surface area contributed by atoms with Gasteiger partial charge in [-0.1, -0.05) is 33.3 Å². The summed E-state index contributed by atoms with van der Waals surface area (Å²) in [6.45, 7) is 5.91. The van der Waals surface area contributed by atoms with Gasteiger partial charge in [-0.25, -0.2) is 8.42 Å². The quantitative estimate of drug-likeness (QED) is 0.532. The van der Waals surface area contributed by atoms with Crippen molar-refractivity contribution in [2.75, 3.05) is 25.0 Å². The Morgan fingerprint density at radius 1 is 1.19 bits per heavy atom. The summed E-state index contributed by atoms with van der Waals surface area (Å²) in [6.07, 6.45) is 1.09. The summed E-state index contributed by atoms with van der Waals surface area (Å²) >= 11 is 0. The molecule has 0 aliphatic heterocycles. The van der Waals surface area contributed by atoms with Crippen molar-refractivity contribution >= 4 is 27.6 Å². The first kappa shape index (κ1) is 22.1. The van der Waals surface area contributed by atoms with Gasteiger partial charge >= 0.3 is 5.97 Å². The molecule has 0 saturated heterocycles. The molecule has 0 radical (unpaired) electrons. The Balaban J connectivity index is 2.80. The first-order valence-corrected chi connectivity index (χ1v) is 10.1. The summed E-state index contributed by atoms with van der Waals surface area (Å²) in [4.78, 5) is 23.2. The van der Waals surface area contributed by atoms with Gasteiger partial charge in [0.25, 0.3) is 0 Å². The molecule has 1 rings (SSSR count). The highest BCUT2D eigenvalue weighted by Gasteiger charge is 2.22. The third-order valence-electron chi connectivity index (χ3n) is 3.85. The molecule has 0 spiro atoms. The van der Waals surface area contributed by atoms with Crippen molar-refractivity contribution in [1.29, 1.82) is 0 Å². The Bertz CT molecular complexity index is 717. The number of carboxylic acids is 1. The van der Waals surface area contributed by atoms with E-state index in [1.165, 1.54) is 16.4 Å². The number of nitrogens with zero attached hydrogens (tertiary/aromatic N) is 1. The van der Waals surface area contributed by atoms with Crippen molar-refractivity contribution in [1.82, 2.24) is 9.62 Å². The van der Waals surface area contributed by atoms with Crippen LogP contribution in [-0.2, 0) is 19.6 Å². The standard InChI is InChI=1S/C17H27N3O5S/c1-4-8-15(17(22)23)18-12-16(21)19-13-9-7-10-14(11-13)26(24,25)20(5-2)6-3/h7,9-11,15,18H,4-6,8,12H2,1-3H3,(H,19,21)(H,22,23). The van der Waals surface area contributed by atoms with E-state index in [1.807, 2.05) is 6.92 Å². The first-order chi connectivity index (χ1) is 12.3. The number of nitrogens with one attached hydrogen (secondary N) is 2. The van der Waals surface area contributed by atoms with E-state index < -0.39 is 27.9 Å². The van der Waals surface area contributed by atoms with E-state index in [1.54, 1.807) is 26.0 Å². The van der Waals surface area contributed by atoms with Gasteiger partial charge < -0.3 is 10.4 Å². The second kappa shape index (κ2) is 10.2. The molecule has 0 heterocycles. The van der Waals surface area contributed by atoms with Crippen LogP contribution < -0.4 is 10.6 Å². The van der Waals surface area contributed by atoms with Crippen LogP contribution in [0.5, 0.6) is 0 Å². The maximum Gasteiger partial charge on any atom is 0.320 e. The SMILES string of the molecule is CCCC(NCC(=O)Nc1cccc(S(=O)(=O)N(CC)CC)c1)C(=O)O. The maximum atomic E-state index is 12.5. The number of amides is 1. The van der Waals surface area contributed by atoms with Crippen LogP contribution in [0.1, 0.15) is 33.6 Å². The van der Waals surface area contributed by atoms with E-state index in [-0.39, 0.29) is 11.4 Å². The molecule has 1 aromatic rings. The van der Waals surface area contributed by atoms with Crippen molar-refractivity contribution in [2.45, 2.75) is 44.6 Å². The highest BCUT2D eigenvalue weighted by molar-refractivity contribution is 7.89. The average Bonchev–Trinajstić information content (AvgIpc) is 2.59. The molecule has 9 heteroatoms. The van der Waals surface area contributed by atoms with Gasteiger partial charge in [-0.3, -0.25) is 14.9 Å². The van der Waals surface area contributed by atoms with Gasteiger partial charge in [0.2, 0.25) is 15.9 Å². The first-order valence-electron chi connectivity index (χ1n) is 8.62. The van der Waals surface area contributed by atoms with Crippen LogP contribution >= 0.6 is 0 Å². The van der Waals surface area contributed by atoms with E-state index in [4.69, 9.17) is 5.11 Å². The fourth-order valence-electron chi connectivity index (χ4n) is 2.47. The maximum absolute atomic E-state index is 12.5. The Morgan fingerprint density at radius 2 is 1.85 bits per heavy atom. The highest BCUT2D eigenvalue weighted by atomic mass is 32.2. The molecular weight excluding hydrogens is 358 g/mol. The van der Waals surface area contributed by atoms with Crippen LogP contribution in [0.25, 0.3) is 0 Å². The molecule has 0 bridgehead atoms. The van der Waals surface area contributed by atoms with Crippen molar-refractivity contribution < 1.29 is 23.1 Å². The monoisotopic (exact) mass is 385 g/mol. The van der Waals surface area contributed by atoms with Crippen molar-refractivity contribution in [3.63, 3.8) is 0 Å². The highest BCUT2D eigenvalue weighted by Crippen LogP contribution is 2.19. The molecule has 0 saturated carbocycles. The summed E-state index contributed by atoms with van der Waals surface area (Å²) in [7, 11) is -3.62. The molecule has 26 heavy (non-hydrogen) atoms. The second-order valence-corrected chi connectivity index (χ2v) is 7.66. The molecule has 0 fully saturated rings. The minimum absolute atomic E-state index is 0.0985. The van der Waals surface area contributed by atoms with Crippen LogP contribution in [0.2, 0.25) is 0 Å². The predicted octanol–water partition coefficient (Wildman–Crippen LogP) is 1.50. The molecule has 1 unspecified atom stereocenters. The van der Waals surface area contributed by atoms with Crippen LogP contribution in [0.3, 0.4) is 0 Å². The summed E-state index contributed by atoms with van der Waals surface area (Å²) < 4.78 is 26.4. The van der Waals surface area contributed by atoms with E-state index >= 15 is 0 Å². The normalized spacial score (nSPS) is 12.8. The zero-order chi connectivity index (χ0) is 19.7. The summed E-state index contributed by atoms with van der Waals surface area (Å²) in [5, 5.41) is 14.3. The fourth-order valence-corrected chi connectivity index (χ4v) is 3.97. The number of anilines is 1. The minimum atomic E-state index is -3.62. The zero-order valence-corrected chi connectivity index (χ0v) is 16.2. The Morgan fingerprint density at radius 3 is 2.38 bits per heavy atom. The third kappa shape index (κ3) is 6.08. The van der Waals surface area contributed by atoms with Crippen LogP contribution in [0.15, 0.2) is 29.2 Å². The number of hydrogen-bond acceptors (Lipinski definition) is 5. The average molecular weight is 385 g/mol. The van der Waals surface area contributed by atoms with Gasteiger partial charge in [0.05, 0.1) is 11.4 Å². The molecule has 1 amide bonds. The molecule has 0 aromatic heterocycles. The fraction of sp³-hybridized carbons (Fsp3) is 0.529. The second-order valence-electron chi connectivity index (χ2n) is 5.73. The molecule has 0 aliphatic carbocycles. The number of carbonyl (C=O) groups excluding carboxylic acids is 1. The van der Waals surface area contributed by atoms with Crippen LogP contribution in [0.4, 0.5) is 5.69 Å². The third-order valence-corrected chi connectivity index (χ3v) is 5.89. The van der Waals surface area contributed by atoms with Crippen molar-refractivity contribution in [3.05, 3.63) is 24.3 Å². The number of sulfonamides is 1. The molecule has 0 aliphatic rings.